The molecule has 2 N–H and O–H groups in total. The minimum atomic E-state index is -0.0761. The van der Waals surface area contributed by atoms with Gasteiger partial charge in [-0.05, 0) is 46.5 Å². The van der Waals surface area contributed by atoms with E-state index >= 15 is 0 Å². The van der Waals surface area contributed by atoms with Crippen LogP contribution in [0.25, 0.3) is 22.5 Å². The van der Waals surface area contributed by atoms with Gasteiger partial charge in [-0.15, -0.1) is 5.10 Å². The summed E-state index contributed by atoms with van der Waals surface area (Å²) in [6.07, 6.45) is 1.93. The molecule has 7 nitrogen and oxygen atoms in total. The maximum absolute atomic E-state index is 10.6. The standard InChI is InChI=1S/C21H26N4O3/c1-5-6-9-25-21(22-23-24-25)17-11-15(18(26)12-19(17)27)16-10-14(13(2)3)7-8-20(16)28-4/h7-8,10-13,26-27H,5-6,9H2,1-4H3. The van der Waals surface area contributed by atoms with E-state index in [-0.39, 0.29) is 11.5 Å². The SMILES string of the molecule is CCCCn1nnnc1-c1cc(-c2cc(C(C)C)ccc2OC)c(O)cc1O. The summed E-state index contributed by atoms with van der Waals surface area (Å²) in [5.74, 6) is 1.32. The number of aromatic hydroxyl groups is 2. The Morgan fingerprint density at radius 1 is 1.04 bits per heavy atom. The Labute approximate surface area is 164 Å². The Morgan fingerprint density at radius 2 is 1.79 bits per heavy atom. The Hall–Kier alpha value is -3.09. The topological polar surface area (TPSA) is 93.3 Å². The largest absolute Gasteiger partial charge is 0.507 e. The Balaban J connectivity index is 2.16. The van der Waals surface area contributed by atoms with E-state index in [0.29, 0.717) is 35.2 Å². The van der Waals surface area contributed by atoms with E-state index in [2.05, 4.69) is 36.3 Å². The number of tetrazole rings is 1. The van der Waals surface area contributed by atoms with Gasteiger partial charge in [-0.1, -0.05) is 33.3 Å². The van der Waals surface area contributed by atoms with Crippen molar-refractivity contribution in [2.24, 2.45) is 0 Å². The minimum Gasteiger partial charge on any atom is -0.507 e. The van der Waals surface area contributed by atoms with Gasteiger partial charge in [0, 0.05) is 23.7 Å². The van der Waals surface area contributed by atoms with Crippen molar-refractivity contribution >= 4 is 0 Å². The normalized spacial score (nSPS) is 11.2. The highest BCUT2D eigenvalue weighted by molar-refractivity contribution is 5.82. The van der Waals surface area contributed by atoms with Gasteiger partial charge in [0.2, 0.25) is 0 Å². The predicted molar refractivity (Wildman–Crippen MR) is 108 cm³/mol. The van der Waals surface area contributed by atoms with E-state index in [0.717, 1.165) is 24.0 Å². The van der Waals surface area contributed by atoms with Gasteiger partial charge < -0.3 is 14.9 Å². The molecule has 0 aliphatic heterocycles. The number of ether oxygens (including phenoxy) is 1. The molecule has 0 spiro atoms. The lowest BCUT2D eigenvalue weighted by Gasteiger charge is -2.15. The van der Waals surface area contributed by atoms with Crippen LogP contribution in [-0.4, -0.2) is 37.5 Å². The number of hydrogen-bond donors (Lipinski definition) is 2. The van der Waals surface area contributed by atoms with Gasteiger partial charge in [0.25, 0.3) is 0 Å². The molecule has 2 aromatic carbocycles. The molecule has 3 aromatic rings. The molecule has 0 aliphatic carbocycles. The van der Waals surface area contributed by atoms with Crippen LogP contribution < -0.4 is 4.74 Å². The third-order valence-electron chi connectivity index (χ3n) is 4.79. The highest BCUT2D eigenvalue weighted by Crippen LogP contribution is 2.43. The molecule has 0 fully saturated rings. The second-order valence-electron chi connectivity index (χ2n) is 7.08. The Morgan fingerprint density at radius 3 is 2.46 bits per heavy atom. The maximum Gasteiger partial charge on any atom is 0.185 e. The van der Waals surface area contributed by atoms with Crippen LogP contribution in [0, 0.1) is 0 Å². The van der Waals surface area contributed by atoms with Crippen molar-refractivity contribution in [2.75, 3.05) is 7.11 Å². The number of hydrogen-bond acceptors (Lipinski definition) is 6. The van der Waals surface area contributed by atoms with Gasteiger partial charge in [0.15, 0.2) is 5.82 Å². The van der Waals surface area contributed by atoms with Crippen LogP contribution in [0.2, 0.25) is 0 Å². The first kappa shape index (κ1) is 19.7. The summed E-state index contributed by atoms with van der Waals surface area (Å²) in [6.45, 7) is 6.96. The summed E-state index contributed by atoms with van der Waals surface area (Å²) in [4.78, 5) is 0. The Kier molecular flexibility index (Phi) is 5.82. The van der Waals surface area contributed by atoms with E-state index in [1.165, 1.54) is 6.07 Å². The lowest BCUT2D eigenvalue weighted by molar-refractivity contribution is 0.415. The first-order valence-corrected chi connectivity index (χ1v) is 9.47. The first-order chi connectivity index (χ1) is 13.5. The fourth-order valence-corrected chi connectivity index (χ4v) is 3.12. The lowest BCUT2D eigenvalue weighted by atomic mass is 9.94. The van der Waals surface area contributed by atoms with Crippen molar-refractivity contribution in [3.63, 3.8) is 0 Å². The van der Waals surface area contributed by atoms with Gasteiger partial charge in [-0.25, -0.2) is 4.68 Å². The number of aromatic nitrogens is 4. The van der Waals surface area contributed by atoms with E-state index in [1.54, 1.807) is 17.9 Å². The van der Waals surface area contributed by atoms with Gasteiger partial charge in [-0.2, -0.15) is 0 Å². The van der Waals surface area contributed by atoms with E-state index in [4.69, 9.17) is 4.74 Å². The van der Waals surface area contributed by atoms with E-state index in [1.807, 2.05) is 18.2 Å². The molecule has 0 amide bonds. The van der Waals surface area contributed by atoms with Crippen LogP contribution >= 0.6 is 0 Å². The number of phenolic OH excluding ortho intramolecular Hbond substituents is 2. The molecule has 0 radical (unpaired) electrons. The summed E-state index contributed by atoms with van der Waals surface area (Å²) in [6, 6.07) is 8.93. The third-order valence-corrected chi connectivity index (χ3v) is 4.79. The zero-order valence-electron chi connectivity index (χ0n) is 16.7. The van der Waals surface area contributed by atoms with Crippen molar-refractivity contribution < 1.29 is 14.9 Å². The second-order valence-corrected chi connectivity index (χ2v) is 7.08. The molecule has 7 heteroatoms. The molecule has 0 unspecified atom stereocenters. The summed E-state index contributed by atoms with van der Waals surface area (Å²) in [5, 5.41) is 32.9. The second kappa shape index (κ2) is 8.29. The molecule has 1 aromatic heterocycles. The third kappa shape index (κ3) is 3.78. The molecule has 0 saturated carbocycles. The fraction of sp³-hybridized carbons (Fsp3) is 0.381. The van der Waals surface area contributed by atoms with Crippen LogP contribution in [0.15, 0.2) is 30.3 Å². The van der Waals surface area contributed by atoms with Crippen molar-refractivity contribution in [1.82, 2.24) is 20.2 Å². The van der Waals surface area contributed by atoms with Gasteiger partial charge in [-0.3, -0.25) is 0 Å². The number of phenols is 2. The van der Waals surface area contributed by atoms with Crippen LogP contribution in [0.5, 0.6) is 17.2 Å². The quantitative estimate of drug-likeness (QED) is 0.631. The summed E-state index contributed by atoms with van der Waals surface area (Å²) in [7, 11) is 1.59. The number of rotatable bonds is 7. The van der Waals surface area contributed by atoms with Crippen molar-refractivity contribution in [3.05, 3.63) is 35.9 Å². The summed E-state index contributed by atoms with van der Waals surface area (Å²) in [5.41, 5.74) is 2.89. The van der Waals surface area contributed by atoms with Crippen molar-refractivity contribution in [3.8, 4) is 39.8 Å². The summed E-state index contributed by atoms with van der Waals surface area (Å²) < 4.78 is 7.18. The Bertz CT molecular complexity index is 966. The molecule has 3 rings (SSSR count). The van der Waals surface area contributed by atoms with E-state index in [9.17, 15) is 10.2 Å². The number of unbranched alkanes of at least 4 members (excludes halogenated alkanes) is 1. The molecular formula is C21H26N4O3. The average Bonchev–Trinajstić information content (AvgIpc) is 3.14. The maximum atomic E-state index is 10.6. The molecule has 0 atom stereocenters. The molecule has 0 aliphatic rings. The minimum absolute atomic E-state index is 0.0342. The first-order valence-electron chi connectivity index (χ1n) is 9.47. The number of methoxy groups -OCH3 is 1. The van der Waals surface area contributed by atoms with Crippen LogP contribution in [0.4, 0.5) is 0 Å². The molecular weight excluding hydrogens is 356 g/mol. The lowest BCUT2D eigenvalue weighted by Crippen LogP contribution is -2.03. The predicted octanol–water partition coefficient (Wildman–Crippen LogP) is 4.35. The monoisotopic (exact) mass is 382 g/mol. The average molecular weight is 382 g/mol. The molecule has 1 heterocycles. The summed E-state index contributed by atoms with van der Waals surface area (Å²) >= 11 is 0. The van der Waals surface area contributed by atoms with Gasteiger partial charge >= 0.3 is 0 Å². The fourth-order valence-electron chi connectivity index (χ4n) is 3.12. The zero-order chi connectivity index (χ0) is 20.3. The molecule has 0 saturated heterocycles. The number of nitrogens with zero attached hydrogens (tertiary/aromatic N) is 4. The highest BCUT2D eigenvalue weighted by atomic mass is 16.5. The van der Waals surface area contributed by atoms with Crippen molar-refractivity contribution in [2.45, 2.75) is 46.1 Å². The van der Waals surface area contributed by atoms with Gasteiger partial charge in [0.1, 0.15) is 17.2 Å². The highest BCUT2D eigenvalue weighted by Gasteiger charge is 2.19. The van der Waals surface area contributed by atoms with Gasteiger partial charge in [0.05, 0.1) is 12.7 Å². The van der Waals surface area contributed by atoms with Crippen LogP contribution in [0.3, 0.4) is 0 Å². The zero-order valence-corrected chi connectivity index (χ0v) is 16.7. The van der Waals surface area contributed by atoms with Crippen LogP contribution in [-0.2, 0) is 6.54 Å². The molecule has 0 bridgehead atoms. The van der Waals surface area contributed by atoms with Crippen LogP contribution in [0.1, 0.15) is 45.1 Å². The number of benzene rings is 2. The molecule has 28 heavy (non-hydrogen) atoms. The molecule has 148 valence electrons. The number of aryl methyl sites for hydroxylation is 1. The smallest absolute Gasteiger partial charge is 0.185 e. The van der Waals surface area contributed by atoms with Crippen molar-refractivity contribution in [1.29, 1.82) is 0 Å². The van der Waals surface area contributed by atoms with E-state index < -0.39 is 0 Å².